The first-order valence-electron chi connectivity index (χ1n) is 11.5. The minimum Gasteiger partial charge on any atom is -0.481 e. The van der Waals surface area contributed by atoms with Gasteiger partial charge >= 0.3 is 0 Å². The van der Waals surface area contributed by atoms with E-state index in [1.807, 2.05) is 41.8 Å². The molecular formula is C25H26ClFN6O3S. The SMILES string of the molecule is CCn1c(SCC(=O)Nc2c(C)n(C)n(-c3ccccc3)c2=O)nnc1C(C)Oc1ccc(F)cc1Cl. The van der Waals surface area contributed by atoms with Crippen LogP contribution in [0.1, 0.15) is 31.5 Å². The van der Waals surface area contributed by atoms with Crippen molar-refractivity contribution in [3.63, 3.8) is 0 Å². The molecule has 2 aromatic carbocycles. The third kappa shape index (κ3) is 5.57. The van der Waals surface area contributed by atoms with Gasteiger partial charge in [-0.2, -0.15) is 0 Å². The number of hydrogen-bond donors (Lipinski definition) is 1. The predicted molar refractivity (Wildman–Crippen MR) is 141 cm³/mol. The Labute approximate surface area is 222 Å². The maximum absolute atomic E-state index is 13.3. The summed E-state index contributed by atoms with van der Waals surface area (Å²) >= 11 is 7.28. The standard InChI is InChI=1S/C25H26ClFN6O3S/c1-5-32-23(16(3)36-20-12-11-17(27)13-19(20)26)29-30-25(32)37-14-21(34)28-22-15(2)31(4)33(24(22)35)18-9-7-6-8-10-18/h6-13,16H,5,14H2,1-4H3,(H,28,34). The Hall–Kier alpha value is -3.57. The number of carbonyl (C=O) groups excluding carboxylic acids is 1. The predicted octanol–water partition coefficient (Wildman–Crippen LogP) is 4.76. The highest BCUT2D eigenvalue weighted by atomic mass is 35.5. The topological polar surface area (TPSA) is 96.0 Å². The fourth-order valence-corrected chi connectivity index (χ4v) is 4.86. The molecule has 9 nitrogen and oxygen atoms in total. The number of hydrogen-bond acceptors (Lipinski definition) is 6. The molecule has 0 aliphatic rings. The zero-order chi connectivity index (χ0) is 26.7. The van der Waals surface area contributed by atoms with Crippen LogP contribution in [0, 0.1) is 12.7 Å². The van der Waals surface area contributed by atoms with Crippen molar-refractivity contribution in [1.29, 1.82) is 0 Å². The second-order valence-electron chi connectivity index (χ2n) is 8.19. The number of nitrogens with one attached hydrogen (secondary N) is 1. The van der Waals surface area contributed by atoms with Crippen LogP contribution in [0.25, 0.3) is 5.69 Å². The van der Waals surface area contributed by atoms with Crippen LogP contribution >= 0.6 is 23.4 Å². The molecule has 0 aliphatic heterocycles. The fraction of sp³-hybridized carbons (Fsp3) is 0.280. The highest BCUT2D eigenvalue weighted by molar-refractivity contribution is 7.99. The second kappa shape index (κ2) is 11.2. The molecule has 0 spiro atoms. The number of rotatable bonds is 9. The Morgan fingerprint density at radius 1 is 1.22 bits per heavy atom. The normalized spacial score (nSPS) is 11.9. The molecule has 0 aliphatic carbocycles. The minimum atomic E-state index is -0.526. The van der Waals surface area contributed by atoms with Crippen LogP contribution in [0.2, 0.25) is 5.02 Å². The Morgan fingerprint density at radius 3 is 2.62 bits per heavy atom. The molecule has 0 saturated heterocycles. The van der Waals surface area contributed by atoms with Crippen molar-refractivity contribution in [2.45, 2.75) is 38.6 Å². The molecular weight excluding hydrogens is 519 g/mol. The number of halogens is 2. The second-order valence-corrected chi connectivity index (χ2v) is 9.54. The molecule has 1 unspecified atom stereocenters. The number of amides is 1. The third-order valence-corrected chi connectivity index (χ3v) is 7.04. The quantitative estimate of drug-likeness (QED) is 0.305. The van der Waals surface area contributed by atoms with Gasteiger partial charge in [-0.25, -0.2) is 9.07 Å². The Kier molecular flexibility index (Phi) is 8.03. The van der Waals surface area contributed by atoms with Crippen molar-refractivity contribution in [2.75, 3.05) is 11.1 Å². The molecule has 0 saturated carbocycles. The lowest BCUT2D eigenvalue weighted by Gasteiger charge is -2.16. The van der Waals surface area contributed by atoms with Gasteiger partial charge in [-0.1, -0.05) is 41.6 Å². The summed E-state index contributed by atoms with van der Waals surface area (Å²) in [6.45, 7) is 6.02. The van der Waals surface area contributed by atoms with Gasteiger partial charge < -0.3 is 14.6 Å². The van der Waals surface area contributed by atoms with Crippen molar-refractivity contribution in [2.24, 2.45) is 7.05 Å². The average molecular weight is 545 g/mol. The number of ether oxygens (including phenoxy) is 1. The van der Waals surface area contributed by atoms with Crippen LogP contribution in [0.3, 0.4) is 0 Å². The van der Waals surface area contributed by atoms with Gasteiger partial charge in [0.05, 0.1) is 22.2 Å². The van der Waals surface area contributed by atoms with Crippen LogP contribution in [-0.4, -0.2) is 35.8 Å². The summed E-state index contributed by atoms with van der Waals surface area (Å²) < 4.78 is 24.3. The van der Waals surface area contributed by atoms with E-state index in [2.05, 4.69) is 15.5 Å². The fourth-order valence-electron chi connectivity index (χ4n) is 3.84. The van der Waals surface area contributed by atoms with E-state index in [4.69, 9.17) is 16.3 Å². The van der Waals surface area contributed by atoms with Gasteiger partial charge in [0, 0.05) is 13.6 Å². The zero-order valence-electron chi connectivity index (χ0n) is 20.7. The van der Waals surface area contributed by atoms with Crippen molar-refractivity contribution < 1.29 is 13.9 Å². The number of thioether (sulfide) groups is 1. The lowest BCUT2D eigenvalue weighted by atomic mass is 10.3. The van der Waals surface area contributed by atoms with E-state index in [0.717, 1.165) is 0 Å². The molecule has 4 rings (SSSR count). The monoisotopic (exact) mass is 544 g/mol. The van der Waals surface area contributed by atoms with Crippen molar-refractivity contribution in [3.05, 3.63) is 81.2 Å². The molecule has 1 amide bonds. The van der Waals surface area contributed by atoms with Crippen molar-refractivity contribution in [3.8, 4) is 11.4 Å². The van der Waals surface area contributed by atoms with Crippen LogP contribution in [0.15, 0.2) is 58.5 Å². The van der Waals surface area contributed by atoms with E-state index in [-0.39, 0.29) is 27.9 Å². The van der Waals surface area contributed by atoms with Crippen LogP contribution in [-0.2, 0) is 18.4 Å². The molecule has 0 bridgehead atoms. The summed E-state index contributed by atoms with van der Waals surface area (Å²) in [7, 11) is 1.77. The van der Waals surface area contributed by atoms with Crippen molar-refractivity contribution >= 4 is 35.0 Å². The van der Waals surface area contributed by atoms with Crippen LogP contribution in [0.4, 0.5) is 10.1 Å². The maximum atomic E-state index is 13.3. The van der Waals surface area contributed by atoms with E-state index in [1.54, 1.807) is 25.6 Å². The first kappa shape index (κ1) is 26.5. The largest absolute Gasteiger partial charge is 0.481 e. The number of carbonyl (C=O) groups is 1. The number of para-hydroxylation sites is 1. The van der Waals surface area contributed by atoms with Gasteiger partial charge in [0.25, 0.3) is 5.56 Å². The number of aromatic nitrogens is 5. The van der Waals surface area contributed by atoms with Gasteiger partial charge in [0.15, 0.2) is 17.1 Å². The molecule has 0 radical (unpaired) electrons. The van der Waals surface area contributed by atoms with E-state index in [0.29, 0.717) is 34.7 Å². The molecule has 4 aromatic rings. The Balaban J connectivity index is 1.45. The summed E-state index contributed by atoms with van der Waals surface area (Å²) in [6.07, 6.45) is -0.526. The summed E-state index contributed by atoms with van der Waals surface area (Å²) in [5.74, 6) is 0.0922. The van der Waals surface area contributed by atoms with Crippen LogP contribution < -0.4 is 15.6 Å². The molecule has 12 heteroatoms. The van der Waals surface area contributed by atoms with Gasteiger partial charge in [0.1, 0.15) is 17.3 Å². The maximum Gasteiger partial charge on any atom is 0.295 e. The van der Waals surface area contributed by atoms with E-state index in [9.17, 15) is 14.0 Å². The Bertz CT molecular complexity index is 1480. The molecule has 194 valence electrons. The highest BCUT2D eigenvalue weighted by Gasteiger charge is 2.22. The number of nitrogens with zero attached hydrogens (tertiary/aromatic N) is 5. The molecule has 1 N–H and O–H groups in total. The summed E-state index contributed by atoms with van der Waals surface area (Å²) in [5, 5.41) is 11.9. The first-order valence-corrected chi connectivity index (χ1v) is 12.9. The van der Waals surface area contributed by atoms with Gasteiger partial charge in [-0.05, 0) is 51.1 Å². The molecule has 2 aromatic heterocycles. The van der Waals surface area contributed by atoms with Gasteiger partial charge in [-0.15, -0.1) is 10.2 Å². The van der Waals surface area contributed by atoms with E-state index in [1.165, 1.54) is 34.6 Å². The van der Waals surface area contributed by atoms with Crippen molar-refractivity contribution in [1.82, 2.24) is 24.1 Å². The summed E-state index contributed by atoms with van der Waals surface area (Å²) in [5.41, 5.74) is 1.26. The van der Waals surface area contributed by atoms with Gasteiger partial charge in [0.2, 0.25) is 5.91 Å². The first-order chi connectivity index (χ1) is 17.7. The minimum absolute atomic E-state index is 0.0241. The van der Waals surface area contributed by atoms with Gasteiger partial charge in [-0.3, -0.25) is 14.3 Å². The number of benzene rings is 2. The molecule has 1 atom stereocenters. The molecule has 37 heavy (non-hydrogen) atoms. The Morgan fingerprint density at radius 2 is 1.95 bits per heavy atom. The van der Waals surface area contributed by atoms with E-state index < -0.39 is 11.9 Å². The average Bonchev–Trinajstić information content (AvgIpc) is 3.39. The summed E-state index contributed by atoms with van der Waals surface area (Å²) in [4.78, 5) is 25.8. The smallest absolute Gasteiger partial charge is 0.295 e. The summed E-state index contributed by atoms with van der Waals surface area (Å²) in [6, 6.07) is 13.1. The molecule has 2 heterocycles. The van der Waals surface area contributed by atoms with E-state index >= 15 is 0 Å². The molecule has 0 fully saturated rings. The lowest BCUT2D eigenvalue weighted by Crippen LogP contribution is -2.23. The van der Waals surface area contributed by atoms with Crippen LogP contribution in [0.5, 0.6) is 5.75 Å². The zero-order valence-corrected chi connectivity index (χ0v) is 22.3. The lowest BCUT2D eigenvalue weighted by molar-refractivity contribution is -0.113. The number of anilines is 1. The third-order valence-electron chi connectivity index (χ3n) is 5.77. The highest BCUT2D eigenvalue weighted by Crippen LogP contribution is 2.30.